The maximum Gasteiger partial charge on any atom is 0.323 e. The molecule has 1 heterocycles. The van der Waals surface area contributed by atoms with Crippen LogP contribution >= 0.6 is 0 Å². The van der Waals surface area contributed by atoms with Crippen LogP contribution < -0.4 is 5.32 Å². The number of carboxylic acid groups (broad SMARTS) is 1. The van der Waals surface area contributed by atoms with Crippen molar-refractivity contribution in [2.24, 2.45) is 0 Å². The fourth-order valence-electron chi connectivity index (χ4n) is 1.48. The molecule has 7 nitrogen and oxygen atoms in total. The SMILES string of the molecule is CCN(CC(=O)O)C(=O)CCNC(=O)c1ccco1. The number of nitrogens with one attached hydrogen (secondary N) is 1. The Bertz CT molecular complexity index is 441. The van der Waals surface area contributed by atoms with Gasteiger partial charge in [-0.05, 0) is 19.1 Å². The molecule has 1 aromatic heterocycles. The van der Waals surface area contributed by atoms with Gasteiger partial charge in [0.1, 0.15) is 6.54 Å². The largest absolute Gasteiger partial charge is 0.480 e. The van der Waals surface area contributed by atoms with Gasteiger partial charge in [-0.15, -0.1) is 0 Å². The molecule has 7 heteroatoms. The molecule has 2 amide bonds. The van der Waals surface area contributed by atoms with Crippen LogP contribution in [-0.2, 0) is 9.59 Å². The molecule has 0 aliphatic heterocycles. The molecule has 0 aliphatic carbocycles. The summed E-state index contributed by atoms with van der Waals surface area (Å²) in [5.74, 6) is -1.61. The van der Waals surface area contributed by atoms with Crippen LogP contribution in [0.5, 0.6) is 0 Å². The Morgan fingerprint density at radius 1 is 1.42 bits per heavy atom. The number of carbonyl (C=O) groups is 3. The molecular formula is C12H16N2O5. The van der Waals surface area contributed by atoms with Gasteiger partial charge < -0.3 is 19.7 Å². The summed E-state index contributed by atoms with van der Waals surface area (Å²) in [4.78, 5) is 34.9. The minimum absolute atomic E-state index is 0.0492. The molecule has 104 valence electrons. The fraction of sp³-hybridized carbons (Fsp3) is 0.417. The first kappa shape index (κ1) is 14.7. The zero-order valence-corrected chi connectivity index (χ0v) is 10.6. The van der Waals surface area contributed by atoms with E-state index in [1.807, 2.05) is 0 Å². The average molecular weight is 268 g/mol. The fourth-order valence-corrected chi connectivity index (χ4v) is 1.48. The van der Waals surface area contributed by atoms with E-state index in [9.17, 15) is 14.4 Å². The number of likely N-dealkylation sites (N-methyl/N-ethyl adjacent to an activating group) is 1. The average Bonchev–Trinajstić information content (AvgIpc) is 2.89. The first-order valence-electron chi connectivity index (χ1n) is 5.85. The van der Waals surface area contributed by atoms with Gasteiger partial charge in [0, 0.05) is 19.5 Å². The standard InChI is InChI=1S/C12H16N2O5/c1-2-14(8-11(16)17)10(15)5-6-13-12(18)9-4-3-7-19-9/h3-4,7H,2,5-6,8H2,1H3,(H,13,18)(H,16,17). The van der Waals surface area contributed by atoms with E-state index in [4.69, 9.17) is 9.52 Å². The molecule has 0 saturated carbocycles. The highest BCUT2D eigenvalue weighted by Gasteiger charge is 2.15. The third-order valence-electron chi connectivity index (χ3n) is 2.43. The molecule has 1 rings (SSSR count). The van der Waals surface area contributed by atoms with Gasteiger partial charge in [-0.2, -0.15) is 0 Å². The molecule has 19 heavy (non-hydrogen) atoms. The second-order valence-electron chi connectivity index (χ2n) is 3.78. The molecule has 0 aromatic carbocycles. The smallest absolute Gasteiger partial charge is 0.323 e. The number of aliphatic carboxylic acids is 1. The Labute approximate surface area is 110 Å². The van der Waals surface area contributed by atoms with Crippen molar-refractivity contribution in [3.8, 4) is 0 Å². The normalized spacial score (nSPS) is 9.95. The molecule has 0 radical (unpaired) electrons. The van der Waals surface area contributed by atoms with Gasteiger partial charge in [0.2, 0.25) is 5.91 Å². The maximum absolute atomic E-state index is 11.7. The lowest BCUT2D eigenvalue weighted by atomic mass is 10.3. The van der Waals surface area contributed by atoms with E-state index >= 15 is 0 Å². The summed E-state index contributed by atoms with van der Waals surface area (Å²) < 4.78 is 4.89. The Morgan fingerprint density at radius 3 is 2.68 bits per heavy atom. The molecular weight excluding hydrogens is 252 g/mol. The predicted octanol–water partition coefficient (Wildman–Crippen LogP) is 0.333. The molecule has 0 fully saturated rings. The quantitative estimate of drug-likeness (QED) is 0.742. The van der Waals surface area contributed by atoms with Crippen molar-refractivity contribution in [2.75, 3.05) is 19.6 Å². The van der Waals surface area contributed by atoms with Crippen LogP contribution in [0, 0.1) is 0 Å². The topological polar surface area (TPSA) is 99.9 Å². The van der Waals surface area contributed by atoms with Gasteiger partial charge in [-0.3, -0.25) is 14.4 Å². The first-order chi connectivity index (χ1) is 9.04. The van der Waals surface area contributed by atoms with Gasteiger partial charge in [-0.1, -0.05) is 0 Å². The van der Waals surface area contributed by atoms with Crippen molar-refractivity contribution in [3.63, 3.8) is 0 Å². The third-order valence-corrected chi connectivity index (χ3v) is 2.43. The summed E-state index contributed by atoms with van der Waals surface area (Å²) in [6.45, 7) is 1.81. The van der Waals surface area contributed by atoms with Gasteiger partial charge in [-0.25, -0.2) is 0 Å². The molecule has 2 N–H and O–H groups in total. The molecule has 0 unspecified atom stereocenters. The highest BCUT2D eigenvalue weighted by atomic mass is 16.4. The highest BCUT2D eigenvalue weighted by molar-refractivity contribution is 5.91. The van der Waals surface area contributed by atoms with E-state index in [0.717, 1.165) is 0 Å². The molecule has 0 spiro atoms. The lowest BCUT2D eigenvalue weighted by molar-refractivity contribution is -0.144. The van der Waals surface area contributed by atoms with Gasteiger partial charge in [0.25, 0.3) is 5.91 Å². The van der Waals surface area contributed by atoms with Crippen LogP contribution in [0.25, 0.3) is 0 Å². The van der Waals surface area contributed by atoms with Crippen LogP contribution in [0.1, 0.15) is 23.9 Å². The van der Waals surface area contributed by atoms with Gasteiger partial charge in [0.05, 0.1) is 6.26 Å². The summed E-state index contributed by atoms with van der Waals surface area (Å²) in [6.07, 6.45) is 1.43. The van der Waals surface area contributed by atoms with E-state index in [0.29, 0.717) is 6.54 Å². The Hall–Kier alpha value is -2.31. The molecule has 0 bridgehead atoms. The maximum atomic E-state index is 11.7. The highest BCUT2D eigenvalue weighted by Crippen LogP contribution is 1.99. The number of hydrogen-bond acceptors (Lipinski definition) is 4. The zero-order valence-electron chi connectivity index (χ0n) is 10.6. The van der Waals surface area contributed by atoms with Crippen LogP contribution in [0.4, 0.5) is 0 Å². The van der Waals surface area contributed by atoms with E-state index in [1.54, 1.807) is 13.0 Å². The lowest BCUT2D eigenvalue weighted by Gasteiger charge is -2.18. The molecule has 1 aromatic rings. The Kier molecular flexibility index (Phi) is 5.59. The number of furan rings is 1. The monoisotopic (exact) mass is 268 g/mol. The molecule has 0 aliphatic rings. The molecule has 0 atom stereocenters. The van der Waals surface area contributed by atoms with Crippen LogP contribution in [-0.4, -0.2) is 47.4 Å². The van der Waals surface area contributed by atoms with Crippen molar-refractivity contribution >= 4 is 17.8 Å². The Balaban J connectivity index is 2.33. The second kappa shape index (κ2) is 7.20. The van der Waals surface area contributed by atoms with E-state index in [1.165, 1.54) is 17.2 Å². The predicted molar refractivity (Wildman–Crippen MR) is 65.5 cm³/mol. The minimum atomic E-state index is -1.06. The van der Waals surface area contributed by atoms with Crippen molar-refractivity contribution in [3.05, 3.63) is 24.2 Å². The summed E-state index contributed by atoms with van der Waals surface area (Å²) in [5.41, 5.74) is 0. The van der Waals surface area contributed by atoms with E-state index in [-0.39, 0.29) is 31.2 Å². The van der Waals surface area contributed by atoms with Gasteiger partial charge in [0.15, 0.2) is 5.76 Å². The number of hydrogen-bond donors (Lipinski definition) is 2. The number of nitrogens with zero attached hydrogens (tertiary/aromatic N) is 1. The lowest BCUT2D eigenvalue weighted by Crippen LogP contribution is -2.37. The summed E-state index contributed by atoms with van der Waals surface area (Å²) in [6, 6.07) is 3.10. The molecule has 0 saturated heterocycles. The van der Waals surface area contributed by atoms with Crippen molar-refractivity contribution in [2.45, 2.75) is 13.3 Å². The Morgan fingerprint density at radius 2 is 2.16 bits per heavy atom. The second-order valence-corrected chi connectivity index (χ2v) is 3.78. The number of carboxylic acids is 1. The summed E-state index contributed by atoms with van der Waals surface area (Å²) in [5, 5.41) is 11.1. The number of rotatable bonds is 7. The van der Waals surface area contributed by atoms with E-state index in [2.05, 4.69) is 5.32 Å². The third kappa shape index (κ3) is 4.82. The van der Waals surface area contributed by atoms with Crippen molar-refractivity contribution < 1.29 is 23.9 Å². The number of carbonyl (C=O) groups excluding carboxylic acids is 2. The minimum Gasteiger partial charge on any atom is -0.480 e. The van der Waals surface area contributed by atoms with Gasteiger partial charge >= 0.3 is 5.97 Å². The van der Waals surface area contributed by atoms with Crippen molar-refractivity contribution in [1.29, 1.82) is 0 Å². The van der Waals surface area contributed by atoms with E-state index < -0.39 is 11.9 Å². The van der Waals surface area contributed by atoms with Crippen LogP contribution in [0.3, 0.4) is 0 Å². The van der Waals surface area contributed by atoms with Crippen LogP contribution in [0.15, 0.2) is 22.8 Å². The van der Waals surface area contributed by atoms with Crippen LogP contribution in [0.2, 0.25) is 0 Å². The summed E-state index contributed by atoms with van der Waals surface area (Å²) in [7, 11) is 0. The zero-order chi connectivity index (χ0) is 14.3. The number of amides is 2. The van der Waals surface area contributed by atoms with Crippen molar-refractivity contribution in [1.82, 2.24) is 10.2 Å². The first-order valence-corrected chi connectivity index (χ1v) is 5.85. The summed E-state index contributed by atoms with van der Waals surface area (Å²) >= 11 is 0.